The Morgan fingerprint density at radius 2 is 1.84 bits per heavy atom. The number of nitrogens with zero attached hydrogens (tertiary/aromatic N) is 4. The number of piperidine rings is 2. The molecule has 10 heteroatoms. The van der Waals surface area contributed by atoms with Gasteiger partial charge in [0.2, 0.25) is 11.8 Å². The topological polar surface area (TPSA) is 107 Å². The van der Waals surface area contributed by atoms with Crippen LogP contribution in [0.15, 0.2) is 48.5 Å². The molecule has 2 aromatic carbocycles. The number of hydrogen-bond donors (Lipinski definition) is 2. The van der Waals surface area contributed by atoms with E-state index in [4.69, 9.17) is 9.72 Å². The summed E-state index contributed by atoms with van der Waals surface area (Å²) < 4.78 is 6.36. The van der Waals surface area contributed by atoms with Crippen LogP contribution in [0.5, 0.6) is 5.75 Å². The Bertz CT molecular complexity index is 1570. The zero-order chi connectivity index (χ0) is 29.5. The second-order valence-corrected chi connectivity index (χ2v) is 12.2. The molecule has 10 nitrogen and oxygen atoms in total. The Balaban J connectivity index is 0.945. The number of nitrogens with one attached hydrogen (secondary N) is 2. The van der Waals surface area contributed by atoms with Crippen LogP contribution in [0.2, 0.25) is 0 Å². The fourth-order valence-electron chi connectivity index (χ4n) is 6.95. The number of anilines is 1. The van der Waals surface area contributed by atoms with Crippen molar-refractivity contribution in [2.24, 2.45) is 0 Å². The lowest BCUT2D eigenvalue weighted by atomic mass is 10.0. The highest BCUT2D eigenvalue weighted by Gasteiger charge is 2.39. The molecule has 0 saturated carbocycles. The summed E-state index contributed by atoms with van der Waals surface area (Å²) in [6.07, 6.45) is 3.89. The van der Waals surface area contributed by atoms with E-state index in [2.05, 4.69) is 50.8 Å². The molecule has 3 aromatic rings. The highest BCUT2D eigenvalue weighted by Crippen LogP contribution is 2.31. The summed E-state index contributed by atoms with van der Waals surface area (Å²) >= 11 is 0. The third kappa shape index (κ3) is 5.69. The van der Waals surface area contributed by atoms with Gasteiger partial charge < -0.3 is 19.9 Å². The molecule has 3 amide bonds. The van der Waals surface area contributed by atoms with E-state index in [1.807, 2.05) is 19.2 Å². The van der Waals surface area contributed by atoms with E-state index >= 15 is 0 Å². The summed E-state index contributed by atoms with van der Waals surface area (Å²) in [7, 11) is 2.04. The number of rotatable bonds is 7. The second kappa shape index (κ2) is 11.6. The van der Waals surface area contributed by atoms with E-state index in [-0.39, 0.29) is 24.3 Å². The van der Waals surface area contributed by atoms with Gasteiger partial charge in [-0.05, 0) is 86.3 Å². The molecule has 5 heterocycles. The van der Waals surface area contributed by atoms with Gasteiger partial charge in [-0.3, -0.25) is 24.6 Å². The van der Waals surface area contributed by atoms with Gasteiger partial charge in [-0.25, -0.2) is 4.98 Å². The van der Waals surface area contributed by atoms with Gasteiger partial charge in [0.05, 0.1) is 5.52 Å². The number of benzene rings is 2. The van der Waals surface area contributed by atoms with Crippen molar-refractivity contribution in [3.63, 3.8) is 0 Å². The lowest BCUT2D eigenvalue weighted by Gasteiger charge is -2.32. The van der Waals surface area contributed by atoms with Gasteiger partial charge in [-0.1, -0.05) is 6.07 Å². The first-order chi connectivity index (χ1) is 20.9. The number of imide groups is 1. The molecule has 1 aromatic heterocycles. The van der Waals surface area contributed by atoms with Gasteiger partial charge in [-0.2, -0.15) is 0 Å². The molecule has 224 valence electrons. The number of fused-ring (bicyclic) bond motifs is 2. The van der Waals surface area contributed by atoms with Gasteiger partial charge in [-0.15, -0.1) is 0 Å². The van der Waals surface area contributed by atoms with Crippen molar-refractivity contribution in [1.82, 2.24) is 25.4 Å². The van der Waals surface area contributed by atoms with Crippen LogP contribution in [0.1, 0.15) is 53.6 Å². The molecule has 0 bridgehead atoms. The monoisotopic (exact) mass is 582 g/mol. The fraction of sp³-hybridized carbons (Fsp3) is 0.455. The molecule has 0 aliphatic carbocycles. The van der Waals surface area contributed by atoms with Crippen molar-refractivity contribution in [3.05, 3.63) is 65.2 Å². The highest BCUT2D eigenvalue weighted by atomic mass is 16.5. The van der Waals surface area contributed by atoms with Crippen LogP contribution in [0, 0.1) is 0 Å². The van der Waals surface area contributed by atoms with Crippen LogP contribution in [0.4, 0.5) is 5.82 Å². The molecule has 4 aliphatic heterocycles. The summed E-state index contributed by atoms with van der Waals surface area (Å²) in [6.45, 7) is 5.05. The third-order valence-corrected chi connectivity index (χ3v) is 9.40. The molecule has 3 saturated heterocycles. The zero-order valence-corrected chi connectivity index (χ0v) is 24.6. The van der Waals surface area contributed by atoms with E-state index in [1.54, 1.807) is 11.0 Å². The molecule has 7 rings (SSSR count). The lowest BCUT2D eigenvalue weighted by molar-refractivity contribution is -0.136. The van der Waals surface area contributed by atoms with E-state index in [9.17, 15) is 14.4 Å². The summed E-state index contributed by atoms with van der Waals surface area (Å²) in [6, 6.07) is 16.5. The molecule has 0 spiro atoms. The Kier molecular flexibility index (Phi) is 7.48. The summed E-state index contributed by atoms with van der Waals surface area (Å²) in [5.74, 6) is 0.960. The van der Waals surface area contributed by atoms with Crippen LogP contribution in [-0.4, -0.2) is 83.9 Å². The number of amides is 3. The van der Waals surface area contributed by atoms with Gasteiger partial charge in [0.1, 0.15) is 23.7 Å². The van der Waals surface area contributed by atoms with Crippen LogP contribution in [0.3, 0.4) is 0 Å². The summed E-state index contributed by atoms with van der Waals surface area (Å²) in [5, 5.41) is 6.91. The normalized spacial score (nSPS) is 23.2. The minimum atomic E-state index is -0.612. The van der Waals surface area contributed by atoms with E-state index < -0.39 is 11.9 Å². The lowest BCUT2D eigenvalue weighted by Crippen LogP contribution is -2.52. The van der Waals surface area contributed by atoms with E-state index in [0.29, 0.717) is 24.6 Å². The number of aromatic nitrogens is 1. The van der Waals surface area contributed by atoms with Crippen LogP contribution in [-0.2, 0) is 22.7 Å². The first kappa shape index (κ1) is 27.8. The first-order valence-corrected chi connectivity index (χ1v) is 15.4. The average molecular weight is 583 g/mol. The Hall–Kier alpha value is -4.02. The standard InChI is InChI=1S/C33H38N6O4/c1-34-24-10-14-38(15-11-24)30-8-3-22-16-21(2-6-28(22)35-30)18-37-13-12-26(20-37)43-25-4-5-27-23(17-25)19-39(33(27)42)29-7-9-31(40)36-32(29)41/h2-6,8,16-17,24,26,29,34H,7,9-15,18-20H2,1H3,(H,36,40,41)/t26-,29?/m0/s1. The number of carbonyl (C=O) groups is 3. The van der Waals surface area contributed by atoms with Crippen molar-refractivity contribution in [3.8, 4) is 5.75 Å². The third-order valence-electron chi connectivity index (χ3n) is 9.40. The van der Waals surface area contributed by atoms with E-state index in [0.717, 1.165) is 80.0 Å². The summed E-state index contributed by atoms with van der Waals surface area (Å²) in [4.78, 5) is 48.2. The van der Waals surface area contributed by atoms with Crippen molar-refractivity contribution < 1.29 is 19.1 Å². The van der Waals surface area contributed by atoms with Gasteiger partial charge in [0.25, 0.3) is 5.91 Å². The van der Waals surface area contributed by atoms with Crippen molar-refractivity contribution in [1.29, 1.82) is 0 Å². The van der Waals surface area contributed by atoms with Gasteiger partial charge >= 0.3 is 0 Å². The number of pyridine rings is 1. The minimum Gasteiger partial charge on any atom is -0.489 e. The molecule has 4 aliphatic rings. The predicted octanol–water partition coefficient (Wildman–Crippen LogP) is 2.84. The second-order valence-electron chi connectivity index (χ2n) is 12.2. The molecule has 2 atom stereocenters. The minimum absolute atomic E-state index is 0.0677. The smallest absolute Gasteiger partial charge is 0.255 e. The fourth-order valence-corrected chi connectivity index (χ4v) is 6.95. The van der Waals surface area contributed by atoms with Gasteiger partial charge in [0, 0.05) is 62.7 Å². The zero-order valence-electron chi connectivity index (χ0n) is 24.6. The quantitative estimate of drug-likeness (QED) is 0.410. The van der Waals surface area contributed by atoms with Crippen LogP contribution < -0.4 is 20.3 Å². The molecule has 1 unspecified atom stereocenters. The molecule has 43 heavy (non-hydrogen) atoms. The predicted molar refractivity (Wildman–Crippen MR) is 163 cm³/mol. The number of likely N-dealkylation sites (tertiary alicyclic amines) is 1. The maximum atomic E-state index is 13.0. The number of ether oxygens (including phenoxy) is 1. The molecular formula is C33H38N6O4. The van der Waals surface area contributed by atoms with E-state index in [1.165, 1.54) is 5.56 Å². The Morgan fingerprint density at radius 3 is 2.65 bits per heavy atom. The van der Waals surface area contributed by atoms with Crippen molar-refractivity contribution in [2.45, 2.75) is 63.4 Å². The highest BCUT2D eigenvalue weighted by molar-refractivity contribution is 6.05. The first-order valence-electron chi connectivity index (χ1n) is 15.4. The van der Waals surface area contributed by atoms with Crippen molar-refractivity contribution >= 4 is 34.4 Å². The van der Waals surface area contributed by atoms with Crippen LogP contribution in [0.25, 0.3) is 10.9 Å². The average Bonchev–Trinajstić information content (AvgIpc) is 3.59. The maximum absolute atomic E-state index is 13.0. The number of carbonyl (C=O) groups excluding carboxylic acids is 3. The molecule has 2 N–H and O–H groups in total. The van der Waals surface area contributed by atoms with Gasteiger partial charge in [0.15, 0.2) is 0 Å². The maximum Gasteiger partial charge on any atom is 0.255 e. The molecule has 0 radical (unpaired) electrons. The molecular weight excluding hydrogens is 544 g/mol. The Labute approximate surface area is 251 Å². The van der Waals surface area contributed by atoms with Crippen LogP contribution >= 0.6 is 0 Å². The van der Waals surface area contributed by atoms with Crippen molar-refractivity contribution in [2.75, 3.05) is 38.1 Å². The molecule has 3 fully saturated rings. The summed E-state index contributed by atoms with van der Waals surface area (Å²) in [5.41, 5.74) is 3.76. The Morgan fingerprint density at radius 1 is 0.977 bits per heavy atom. The SMILES string of the molecule is CNC1CCN(c2ccc3cc(CN4CC[C@H](Oc5ccc6c(c5)CN(C5CCC(=O)NC5=O)C6=O)C4)ccc3n2)CC1. The number of hydrogen-bond acceptors (Lipinski definition) is 8. The largest absolute Gasteiger partial charge is 0.489 e.